The van der Waals surface area contributed by atoms with Gasteiger partial charge in [-0.2, -0.15) is 0 Å². The quantitative estimate of drug-likeness (QED) is 0.882. The standard InChI is InChI=1S/C19H22N2O3S/c1-12-10-15(11-18(13(12)2)25(23,24)20-3)19(22)21-17-9-8-14-6-4-5-7-16(14)17/h4-7,10-11,17,20H,8-9H2,1-3H3,(H,21,22). The topological polar surface area (TPSA) is 75.3 Å². The molecule has 0 saturated heterocycles. The third kappa shape index (κ3) is 3.32. The molecule has 0 radical (unpaired) electrons. The van der Waals surface area contributed by atoms with Crippen LogP contribution >= 0.6 is 0 Å². The molecule has 1 amide bonds. The van der Waals surface area contributed by atoms with Crippen molar-refractivity contribution in [3.8, 4) is 0 Å². The van der Waals surface area contributed by atoms with Crippen LogP contribution in [0.2, 0.25) is 0 Å². The van der Waals surface area contributed by atoms with E-state index in [4.69, 9.17) is 0 Å². The fourth-order valence-corrected chi connectivity index (χ4v) is 4.36. The predicted octanol–water partition coefficient (Wildman–Crippen LogP) is 2.63. The van der Waals surface area contributed by atoms with Crippen molar-refractivity contribution in [3.05, 3.63) is 64.2 Å². The van der Waals surface area contributed by atoms with Crippen LogP contribution in [0.1, 0.15) is 45.1 Å². The molecule has 5 nitrogen and oxygen atoms in total. The zero-order valence-corrected chi connectivity index (χ0v) is 15.4. The van der Waals surface area contributed by atoms with Crippen molar-refractivity contribution in [3.63, 3.8) is 0 Å². The highest BCUT2D eigenvalue weighted by atomic mass is 32.2. The van der Waals surface area contributed by atoms with E-state index >= 15 is 0 Å². The lowest BCUT2D eigenvalue weighted by Gasteiger charge is -2.16. The smallest absolute Gasteiger partial charge is 0.251 e. The summed E-state index contributed by atoms with van der Waals surface area (Å²) >= 11 is 0. The summed E-state index contributed by atoms with van der Waals surface area (Å²) in [6.07, 6.45) is 1.80. The Kier molecular flexibility index (Phi) is 4.67. The Hall–Kier alpha value is -2.18. The first-order valence-electron chi connectivity index (χ1n) is 8.27. The largest absolute Gasteiger partial charge is 0.345 e. The molecule has 0 bridgehead atoms. The summed E-state index contributed by atoms with van der Waals surface area (Å²) in [6, 6.07) is 11.2. The molecule has 2 aromatic carbocycles. The molecule has 0 fully saturated rings. The van der Waals surface area contributed by atoms with Crippen molar-refractivity contribution in [2.75, 3.05) is 7.05 Å². The second kappa shape index (κ2) is 6.61. The number of sulfonamides is 1. The molecule has 132 valence electrons. The van der Waals surface area contributed by atoms with Crippen LogP contribution in [0.25, 0.3) is 0 Å². The Balaban J connectivity index is 1.91. The van der Waals surface area contributed by atoms with E-state index < -0.39 is 10.0 Å². The minimum atomic E-state index is -3.61. The van der Waals surface area contributed by atoms with Crippen molar-refractivity contribution < 1.29 is 13.2 Å². The van der Waals surface area contributed by atoms with E-state index in [-0.39, 0.29) is 16.8 Å². The lowest BCUT2D eigenvalue weighted by Crippen LogP contribution is -2.28. The van der Waals surface area contributed by atoms with Crippen molar-refractivity contribution in [2.45, 2.75) is 37.6 Å². The molecule has 0 heterocycles. The highest BCUT2D eigenvalue weighted by molar-refractivity contribution is 7.89. The molecule has 0 spiro atoms. The summed E-state index contributed by atoms with van der Waals surface area (Å²) in [7, 11) is -2.25. The Morgan fingerprint density at radius 1 is 1.16 bits per heavy atom. The van der Waals surface area contributed by atoms with E-state index in [0.717, 1.165) is 24.0 Å². The third-order valence-corrected chi connectivity index (χ3v) is 6.42. The van der Waals surface area contributed by atoms with Crippen LogP contribution in [-0.2, 0) is 16.4 Å². The van der Waals surface area contributed by atoms with E-state index in [0.29, 0.717) is 11.1 Å². The van der Waals surface area contributed by atoms with Crippen LogP contribution < -0.4 is 10.0 Å². The number of hydrogen-bond acceptors (Lipinski definition) is 3. The van der Waals surface area contributed by atoms with Gasteiger partial charge in [0.1, 0.15) is 0 Å². The summed E-state index contributed by atoms with van der Waals surface area (Å²) in [5, 5.41) is 3.04. The number of carbonyl (C=O) groups is 1. The minimum absolute atomic E-state index is 0.0327. The Bertz CT molecular complexity index is 936. The molecule has 3 rings (SSSR count). The number of hydrogen-bond donors (Lipinski definition) is 2. The number of carbonyl (C=O) groups excluding carboxylic acids is 1. The molecule has 2 N–H and O–H groups in total. The van der Waals surface area contributed by atoms with Crippen molar-refractivity contribution >= 4 is 15.9 Å². The molecule has 1 atom stereocenters. The van der Waals surface area contributed by atoms with Gasteiger partial charge in [0, 0.05) is 5.56 Å². The number of nitrogens with one attached hydrogen (secondary N) is 2. The zero-order chi connectivity index (χ0) is 18.2. The van der Waals surface area contributed by atoms with E-state index in [1.54, 1.807) is 13.0 Å². The van der Waals surface area contributed by atoms with Crippen LogP contribution in [0, 0.1) is 13.8 Å². The van der Waals surface area contributed by atoms with E-state index in [2.05, 4.69) is 16.1 Å². The molecule has 6 heteroatoms. The molecule has 25 heavy (non-hydrogen) atoms. The normalized spacial score (nSPS) is 16.5. The molecule has 1 unspecified atom stereocenters. The fraction of sp³-hybridized carbons (Fsp3) is 0.316. The lowest BCUT2D eigenvalue weighted by atomic mass is 10.0. The number of aryl methyl sites for hydroxylation is 2. The van der Waals surface area contributed by atoms with Crippen molar-refractivity contribution in [1.82, 2.24) is 10.0 Å². The first kappa shape index (κ1) is 17.6. The van der Waals surface area contributed by atoms with E-state index in [9.17, 15) is 13.2 Å². The Morgan fingerprint density at radius 2 is 1.88 bits per heavy atom. The van der Waals surface area contributed by atoms with Gasteiger partial charge in [-0.25, -0.2) is 13.1 Å². The number of benzene rings is 2. The zero-order valence-electron chi connectivity index (χ0n) is 14.6. The lowest BCUT2D eigenvalue weighted by molar-refractivity contribution is 0.0936. The molecule has 1 aliphatic carbocycles. The average Bonchev–Trinajstić information content (AvgIpc) is 3.00. The van der Waals surface area contributed by atoms with E-state index in [1.165, 1.54) is 18.7 Å². The molecule has 2 aromatic rings. The molecule has 1 aliphatic rings. The van der Waals surface area contributed by atoms with Crippen molar-refractivity contribution in [2.24, 2.45) is 0 Å². The van der Waals surface area contributed by atoms with Crippen LogP contribution in [-0.4, -0.2) is 21.4 Å². The first-order valence-corrected chi connectivity index (χ1v) is 9.75. The van der Waals surface area contributed by atoms with Gasteiger partial charge in [0.25, 0.3) is 5.91 Å². The number of fused-ring (bicyclic) bond motifs is 1. The predicted molar refractivity (Wildman–Crippen MR) is 97.1 cm³/mol. The van der Waals surface area contributed by atoms with Gasteiger partial charge in [0.05, 0.1) is 10.9 Å². The van der Waals surface area contributed by atoms with Gasteiger partial charge in [-0.1, -0.05) is 24.3 Å². The molecule has 0 aromatic heterocycles. The van der Waals surface area contributed by atoms with Gasteiger partial charge in [-0.05, 0) is 68.1 Å². The molecular formula is C19H22N2O3S. The third-order valence-electron chi connectivity index (χ3n) is 4.88. The summed E-state index contributed by atoms with van der Waals surface area (Å²) in [5.41, 5.74) is 4.18. The highest BCUT2D eigenvalue weighted by Crippen LogP contribution is 2.31. The SMILES string of the molecule is CNS(=O)(=O)c1cc(C(=O)NC2CCc3ccccc32)cc(C)c1C. The van der Waals surface area contributed by atoms with Crippen LogP contribution in [0.15, 0.2) is 41.3 Å². The van der Waals surface area contributed by atoms with Gasteiger partial charge in [-0.3, -0.25) is 4.79 Å². The maximum Gasteiger partial charge on any atom is 0.251 e. The summed E-state index contributed by atoms with van der Waals surface area (Å²) < 4.78 is 26.7. The summed E-state index contributed by atoms with van der Waals surface area (Å²) in [4.78, 5) is 12.9. The minimum Gasteiger partial charge on any atom is -0.345 e. The summed E-state index contributed by atoms with van der Waals surface area (Å²) in [5.74, 6) is -0.252. The summed E-state index contributed by atoms with van der Waals surface area (Å²) in [6.45, 7) is 3.56. The van der Waals surface area contributed by atoms with Gasteiger partial charge in [0.2, 0.25) is 10.0 Å². The van der Waals surface area contributed by atoms with Crippen LogP contribution in [0.4, 0.5) is 0 Å². The second-order valence-electron chi connectivity index (χ2n) is 6.39. The molecular weight excluding hydrogens is 336 g/mol. The highest BCUT2D eigenvalue weighted by Gasteiger charge is 2.25. The Morgan fingerprint density at radius 3 is 2.60 bits per heavy atom. The Labute approximate surface area is 148 Å². The molecule has 0 aliphatic heterocycles. The van der Waals surface area contributed by atoms with Gasteiger partial charge in [-0.15, -0.1) is 0 Å². The van der Waals surface area contributed by atoms with Gasteiger partial charge >= 0.3 is 0 Å². The maximum absolute atomic E-state index is 12.7. The van der Waals surface area contributed by atoms with Gasteiger partial charge < -0.3 is 5.32 Å². The second-order valence-corrected chi connectivity index (χ2v) is 8.24. The first-order chi connectivity index (χ1) is 11.8. The average molecular weight is 358 g/mol. The van der Waals surface area contributed by atoms with Crippen molar-refractivity contribution in [1.29, 1.82) is 0 Å². The van der Waals surface area contributed by atoms with Gasteiger partial charge in [0.15, 0.2) is 0 Å². The number of rotatable bonds is 4. The molecule has 0 saturated carbocycles. The van der Waals surface area contributed by atoms with Crippen LogP contribution in [0.5, 0.6) is 0 Å². The van der Waals surface area contributed by atoms with E-state index in [1.807, 2.05) is 25.1 Å². The fourth-order valence-electron chi connectivity index (χ4n) is 3.30. The van der Waals surface area contributed by atoms with Crippen LogP contribution in [0.3, 0.4) is 0 Å². The number of amides is 1. The maximum atomic E-state index is 12.7. The monoisotopic (exact) mass is 358 g/mol.